The van der Waals surface area contributed by atoms with Crippen molar-refractivity contribution in [2.45, 2.75) is 18.6 Å². The van der Waals surface area contributed by atoms with Gasteiger partial charge in [-0.25, -0.2) is 9.97 Å². The molecule has 0 bridgehead atoms. The predicted molar refractivity (Wildman–Crippen MR) is 99.4 cm³/mol. The van der Waals surface area contributed by atoms with Crippen LogP contribution in [0.3, 0.4) is 0 Å². The molecule has 0 spiro atoms. The van der Waals surface area contributed by atoms with Gasteiger partial charge in [-0.05, 0) is 36.9 Å². The van der Waals surface area contributed by atoms with Crippen molar-refractivity contribution in [1.29, 1.82) is 5.41 Å². The van der Waals surface area contributed by atoms with Gasteiger partial charge in [-0.2, -0.15) is 0 Å². The number of thioether (sulfide) groups is 1. The van der Waals surface area contributed by atoms with Crippen LogP contribution in [0.15, 0.2) is 35.6 Å². The Morgan fingerprint density at radius 3 is 2.36 bits per heavy atom. The normalized spacial score (nSPS) is 10.9. The van der Waals surface area contributed by atoms with Gasteiger partial charge < -0.3 is 14.0 Å². The number of rotatable bonds is 5. The SMILES string of the molecule is CCn1c(=N)c(-c2cc(OC)cc(OC)c2)cc2cnc(SC)nc21. The highest BCUT2D eigenvalue weighted by atomic mass is 32.2. The van der Waals surface area contributed by atoms with E-state index in [0.29, 0.717) is 28.7 Å². The minimum absolute atomic E-state index is 0.399. The Hall–Kier alpha value is -2.54. The van der Waals surface area contributed by atoms with Crippen LogP contribution in [0, 0.1) is 5.41 Å². The molecule has 2 aromatic heterocycles. The summed E-state index contributed by atoms with van der Waals surface area (Å²) >= 11 is 1.49. The molecule has 0 aliphatic carbocycles. The molecule has 1 aromatic carbocycles. The molecule has 0 amide bonds. The summed E-state index contributed by atoms with van der Waals surface area (Å²) in [6, 6.07) is 7.57. The van der Waals surface area contributed by atoms with Gasteiger partial charge in [0.05, 0.1) is 14.2 Å². The van der Waals surface area contributed by atoms with Crippen molar-refractivity contribution in [3.8, 4) is 22.6 Å². The number of nitrogens with zero attached hydrogens (tertiary/aromatic N) is 3. The van der Waals surface area contributed by atoms with Gasteiger partial charge in [-0.1, -0.05) is 11.8 Å². The zero-order chi connectivity index (χ0) is 18.0. The van der Waals surface area contributed by atoms with Crippen molar-refractivity contribution in [3.05, 3.63) is 36.0 Å². The van der Waals surface area contributed by atoms with Crippen molar-refractivity contribution in [3.63, 3.8) is 0 Å². The van der Waals surface area contributed by atoms with Crippen molar-refractivity contribution in [2.75, 3.05) is 20.5 Å². The van der Waals surface area contributed by atoms with Crippen molar-refractivity contribution in [1.82, 2.24) is 14.5 Å². The van der Waals surface area contributed by atoms with E-state index in [1.165, 1.54) is 11.8 Å². The fourth-order valence-electron chi connectivity index (χ4n) is 2.75. The lowest BCUT2D eigenvalue weighted by Crippen LogP contribution is -2.22. The number of nitrogens with one attached hydrogen (secondary N) is 1. The second kappa shape index (κ2) is 7.14. The maximum atomic E-state index is 8.66. The molecule has 7 heteroatoms. The van der Waals surface area contributed by atoms with Gasteiger partial charge in [0.25, 0.3) is 0 Å². The lowest BCUT2D eigenvalue weighted by Gasteiger charge is -2.14. The summed E-state index contributed by atoms with van der Waals surface area (Å²) in [6.07, 6.45) is 3.75. The number of ether oxygens (including phenoxy) is 2. The molecule has 6 nitrogen and oxygen atoms in total. The molecule has 0 unspecified atom stereocenters. The van der Waals surface area contributed by atoms with Crippen LogP contribution >= 0.6 is 11.8 Å². The van der Waals surface area contributed by atoms with Crippen molar-refractivity contribution < 1.29 is 9.47 Å². The van der Waals surface area contributed by atoms with E-state index >= 15 is 0 Å². The monoisotopic (exact) mass is 356 g/mol. The summed E-state index contributed by atoms with van der Waals surface area (Å²) in [5.41, 5.74) is 2.81. The first-order valence-electron chi connectivity index (χ1n) is 7.83. The second-order valence-corrected chi connectivity index (χ2v) is 6.16. The van der Waals surface area contributed by atoms with E-state index in [1.807, 2.05) is 42.0 Å². The molecule has 0 aliphatic rings. The Balaban J connectivity index is 2.31. The molecule has 0 fully saturated rings. The van der Waals surface area contributed by atoms with Crippen LogP contribution < -0.4 is 15.0 Å². The summed E-state index contributed by atoms with van der Waals surface area (Å²) in [5.74, 6) is 1.37. The van der Waals surface area contributed by atoms with E-state index in [1.54, 1.807) is 20.4 Å². The van der Waals surface area contributed by atoms with E-state index < -0.39 is 0 Å². The molecule has 0 saturated carbocycles. The second-order valence-electron chi connectivity index (χ2n) is 5.39. The summed E-state index contributed by atoms with van der Waals surface area (Å²) < 4.78 is 12.6. The van der Waals surface area contributed by atoms with Gasteiger partial charge >= 0.3 is 0 Å². The number of hydrogen-bond donors (Lipinski definition) is 1. The molecule has 0 radical (unpaired) electrons. The summed E-state index contributed by atoms with van der Waals surface area (Å²) in [4.78, 5) is 8.93. The Kier molecular flexibility index (Phi) is 4.94. The van der Waals surface area contributed by atoms with E-state index in [-0.39, 0.29) is 0 Å². The van der Waals surface area contributed by atoms with Gasteiger partial charge in [0, 0.05) is 29.8 Å². The number of benzene rings is 1. The molecule has 1 N–H and O–H groups in total. The van der Waals surface area contributed by atoms with Crippen molar-refractivity contribution >= 4 is 22.8 Å². The average Bonchev–Trinajstić information content (AvgIpc) is 2.66. The highest BCUT2D eigenvalue weighted by Gasteiger charge is 2.12. The van der Waals surface area contributed by atoms with Crippen LogP contribution in [0.25, 0.3) is 22.2 Å². The van der Waals surface area contributed by atoms with Crippen molar-refractivity contribution in [2.24, 2.45) is 0 Å². The van der Waals surface area contributed by atoms with E-state index in [4.69, 9.17) is 14.9 Å². The fraction of sp³-hybridized carbons (Fsp3) is 0.278. The Bertz CT molecular complexity index is 962. The molecular weight excluding hydrogens is 336 g/mol. The Morgan fingerprint density at radius 1 is 1.12 bits per heavy atom. The molecule has 25 heavy (non-hydrogen) atoms. The third kappa shape index (κ3) is 3.19. The molecule has 2 heterocycles. The molecule has 130 valence electrons. The summed E-state index contributed by atoms with van der Waals surface area (Å²) in [6.45, 7) is 2.66. The zero-order valence-electron chi connectivity index (χ0n) is 14.7. The smallest absolute Gasteiger partial charge is 0.189 e. The molecular formula is C18H20N4O2S. The van der Waals surface area contributed by atoms with E-state index in [2.05, 4.69) is 9.97 Å². The Labute approximate surface area is 150 Å². The zero-order valence-corrected chi connectivity index (χ0v) is 15.5. The Morgan fingerprint density at radius 2 is 1.80 bits per heavy atom. The first-order valence-corrected chi connectivity index (χ1v) is 9.06. The van der Waals surface area contributed by atoms with E-state index in [9.17, 15) is 0 Å². The number of pyridine rings is 1. The standard InChI is InChI=1S/C18H20N4O2S/c1-5-22-16(19)15(8-12-10-20-18(25-4)21-17(12)22)11-6-13(23-2)9-14(7-11)24-3/h6-10,19H,5H2,1-4H3. The summed E-state index contributed by atoms with van der Waals surface area (Å²) in [5, 5.41) is 10.3. The lowest BCUT2D eigenvalue weighted by molar-refractivity contribution is 0.394. The van der Waals surface area contributed by atoms with Crippen LogP contribution in [0.1, 0.15) is 6.92 Å². The number of methoxy groups -OCH3 is 2. The highest BCUT2D eigenvalue weighted by Crippen LogP contribution is 2.29. The van der Waals surface area contributed by atoms with Crippen LogP contribution in [0.4, 0.5) is 0 Å². The first kappa shape index (κ1) is 17.3. The average molecular weight is 356 g/mol. The number of fused-ring (bicyclic) bond motifs is 1. The molecule has 0 saturated heterocycles. The maximum Gasteiger partial charge on any atom is 0.189 e. The van der Waals surface area contributed by atoms with Gasteiger partial charge in [0.15, 0.2) is 5.16 Å². The molecule has 0 atom stereocenters. The van der Waals surface area contributed by atoms with Crippen LogP contribution in [-0.2, 0) is 6.54 Å². The molecule has 0 aliphatic heterocycles. The van der Waals surface area contributed by atoms with Crippen LogP contribution in [0.5, 0.6) is 11.5 Å². The fourth-order valence-corrected chi connectivity index (χ4v) is 3.08. The van der Waals surface area contributed by atoms with Crippen LogP contribution in [-0.4, -0.2) is 35.0 Å². The third-order valence-corrected chi connectivity index (χ3v) is 4.58. The lowest BCUT2D eigenvalue weighted by atomic mass is 10.0. The molecule has 3 rings (SSSR count). The molecule has 3 aromatic rings. The van der Waals surface area contributed by atoms with Gasteiger partial charge in [-0.15, -0.1) is 0 Å². The first-order chi connectivity index (χ1) is 12.1. The van der Waals surface area contributed by atoms with Gasteiger partial charge in [-0.3, -0.25) is 5.41 Å². The van der Waals surface area contributed by atoms with Crippen LogP contribution in [0.2, 0.25) is 0 Å². The number of hydrogen-bond acceptors (Lipinski definition) is 6. The largest absolute Gasteiger partial charge is 0.497 e. The van der Waals surface area contributed by atoms with E-state index in [0.717, 1.165) is 22.2 Å². The third-order valence-electron chi connectivity index (χ3n) is 4.02. The van der Waals surface area contributed by atoms with Gasteiger partial charge in [0.1, 0.15) is 22.6 Å². The quantitative estimate of drug-likeness (QED) is 0.561. The highest BCUT2D eigenvalue weighted by molar-refractivity contribution is 7.98. The van der Waals surface area contributed by atoms with Gasteiger partial charge in [0.2, 0.25) is 0 Å². The minimum atomic E-state index is 0.399. The number of aromatic nitrogens is 3. The number of aryl methyl sites for hydroxylation is 1. The maximum absolute atomic E-state index is 8.66. The summed E-state index contributed by atoms with van der Waals surface area (Å²) in [7, 11) is 3.23. The minimum Gasteiger partial charge on any atom is -0.497 e. The predicted octanol–water partition coefficient (Wildman–Crippen LogP) is 3.34. The topological polar surface area (TPSA) is 73.0 Å².